The second-order valence-electron chi connectivity index (χ2n) is 6.37. The van der Waals surface area contributed by atoms with E-state index in [-0.39, 0.29) is 34.9 Å². The summed E-state index contributed by atoms with van der Waals surface area (Å²) in [7, 11) is 0. The summed E-state index contributed by atoms with van der Waals surface area (Å²) in [5.74, 6) is -0.849. The fourth-order valence-electron chi connectivity index (χ4n) is 2.98. The van der Waals surface area contributed by atoms with Gasteiger partial charge in [-0.3, -0.25) is 9.59 Å². The van der Waals surface area contributed by atoms with Gasteiger partial charge in [0.25, 0.3) is 0 Å². The second kappa shape index (κ2) is 10.3. The van der Waals surface area contributed by atoms with Crippen molar-refractivity contribution in [3.63, 3.8) is 0 Å². The molecule has 0 fully saturated rings. The molecule has 3 rings (SSSR count). The molecule has 5 nitrogen and oxygen atoms in total. The van der Waals surface area contributed by atoms with Gasteiger partial charge >= 0.3 is 0 Å². The van der Waals surface area contributed by atoms with Gasteiger partial charge in [-0.25, -0.2) is 0 Å². The molecule has 9 heteroatoms. The number of allylic oxidation sites excluding steroid dienone is 1. The smallest absolute Gasteiger partial charge is 0.234 e. The van der Waals surface area contributed by atoms with Crippen LogP contribution in [0.2, 0.25) is 10.0 Å². The minimum absolute atomic E-state index is 0.00175. The van der Waals surface area contributed by atoms with Gasteiger partial charge in [0.2, 0.25) is 11.8 Å². The van der Waals surface area contributed by atoms with Crippen molar-refractivity contribution in [3.8, 4) is 6.07 Å². The van der Waals surface area contributed by atoms with E-state index in [0.717, 1.165) is 22.2 Å². The number of rotatable bonds is 6. The summed E-state index contributed by atoms with van der Waals surface area (Å²) in [6, 6.07) is 15.0. The number of halogens is 2. The highest BCUT2D eigenvalue weighted by Gasteiger charge is 2.29. The number of nitriles is 1. The molecule has 2 amide bonds. The standard InChI is InChI=1S/C21H17Cl2N3O2S2/c1-29-13-7-5-12(6-8-13)14-9-18(27)26-21(15(14)10-24)30-11-19(28)25-17-4-2-3-16(22)20(17)23/h2-8,14H,9,11H2,1H3,(H,25,28)(H,26,27)/t14-/m0/s1. The van der Waals surface area contributed by atoms with Crippen LogP contribution in [-0.4, -0.2) is 23.8 Å². The van der Waals surface area contributed by atoms with Crippen LogP contribution >= 0.6 is 46.7 Å². The lowest BCUT2D eigenvalue weighted by Gasteiger charge is -2.25. The lowest BCUT2D eigenvalue weighted by atomic mass is 9.87. The average Bonchev–Trinajstić information content (AvgIpc) is 2.75. The van der Waals surface area contributed by atoms with Crippen LogP contribution in [0.3, 0.4) is 0 Å². The van der Waals surface area contributed by atoms with Gasteiger partial charge in [-0.1, -0.05) is 53.2 Å². The molecule has 0 spiro atoms. The molecule has 1 heterocycles. The van der Waals surface area contributed by atoms with E-state index in [9.17, 15) is 14.9 Å². The first kappa shape index (κ1) is 22.6. The summed E-state index contributed by atoms with van der Waals surface area (Å²) in [6.45, 7) is 0. The molecule has 0 radical (unpaired) electrons. The van der Waals surface area contributed by atoms with E-state index in [2.05, 4.69) is 16.7 Å². The maximum Gasteiger partial charge on any atom is 0.234 e. The average molecular weight is 478 g/mol. The van der Waals surface area contributed by atoms with Gasteiger partial charge in [0.05, 0.1) is 38.2 Å². The van der Waals surface area contributed by atoms with Gasteiger partial charge in [0.15, 0.2) is 0 Å². The molecule has 0 saturated heterocycles. The summed E-state index contributed by atoms with van der Waals surface area (Å²) >= 11 is 14.8. The minimum Gasteiger partial charge on any atom is -0.324 e. The number of nitrogens with one attached hydrogen (secondary N) is 2. The van der Waals surface area contributed by atoms with Gasteiger partial charge < -0.3 is 10.6 Å². The van der Waals surface area contributed by atoms with Crippen LogP contribution in [0.1, 0.15) is 17.9 Å². The van der Waals surface area contributed by atoms with Crippen molar-refractivity contribution >= 4 is 64.2 Å². The Kier molecular flexibility index (Phi) is 7.73. The number of benzene rings is 2. The Balaban J connectivity index is 1.76. The lowest BCUT2D eigenvalue weighted by Crippen LogP contribution is -2.31. The number of thioether (sulfide) groups is 2. The van der Waals surface area contributed by atoms with Crippen LogP contribution in [0.25, 0.3) is 0 Å². The predicted molar refractivity (Wildman–Crippen MR) is 124 cm³/mol. The molecule has 154 valence electrons. The third-order valence-corrected chi connectivity index (χ3v) is 7.03. The van der Waals surface area contributed by atoms with Crippen LogP contribution in [0.5, 0.6) is 0 Å². The van der Waals surface area contributed by atoms with E-state index in [1.54, 1.807) is 30.0 Å². The Morgan fingerprint density at radius 2 is 2.00 bits per heavy atom. The SMILES string of the molecule is CSc1ccc([C@@H]2CC(=O)NC(SCC(=O)Nc3cccc(Cl)c3Cl)=C2C#N)cc1. The normalized spacial score (nSPS) is 16.1. The summed E-state index contributed by atoms with van der Waals surface area (Å²) in [4.78, 5) is 25.7. The molecule has 0 bridgehead atoms. The van der Waals surface area contributed by atoms with Gasteiger partial charge in [-0.2, -0.15) is 5.26 Å². The van der Waals surface area contributed by atoms with Crippen molar-refractivity contribution in [1.82, 2.24) is 5.32 Å². The molecule has 30 heavy (non-hydrogen) atoms. The summed E-state index contributed by atoms with van der Waals surface area (Å²) in [5.41, 5.74) is 1.75. The molecule has 1 atom stereocenters. The Hall–Kier alpha value is -2.11. The zero-order chi connectivity index (χ0) is 21.7. The highest BCUT2D eigenvalue weighted by molar-refractivity contribution is 8.03. The van der Waals surface area contributed by atoms with Crippen molar-refractivity contribution in [2.24, 2.45) is 0 Å². The van der Waals surface area contributed by atoms with Crippen LogP contribution in [0, 0.1) is 11.3 Å². The van der Waals surface area contributed by atoms with E-state index in [1.165, 1.54) is 0 Å². The Bertz CT molecular complexity index is 1050. The van der Waals surface area contributed by atoms with Gasteiger partial charge in [0, 0.05) is 17.2 Å². The van der Waals surface area contributed by atoms with Gasteiger partial charge in [0.1, 0.15) is 0 Å². The maximum absolute atomic E-state index is 12.4. The number of anilines is 1. The van der Waals surface area contributed by atoms with E-state index in [0.29, 0.717) is 21.3 Å². The van der Waals surface area contributed by atoms with Crippen molar-refractivity contribution < 1.29 is 9.59 Å². The monoisotopic (exact) mass is 477 g/mol. The highest BCUT2D eigenvalue weighted by Crippen LogP contribution is 2.36. The molecule has 1 aliphatic heterocycles. The van der Waals surface area contributed by atoms with Crippen LogP contribution < -0.4 is 10.6 Å². The van der Waals surface area contributed by atoms with E-state index in [1.807, 2.05) is 30.5 Å². The molecule has 2 aromatic carbocycles. The summed E-state index contributed by atoms with van der Waals surface area (Å²) in [5, 5.41) is 16.2. The first-order valence-corrected chi connectivity index (χ1v) is 11.8. The number of hydrogen-bond donors (Lipinski definition) is 2. The second-order valence-corrected chi connectivity index (χ2v) is 9.02. The van der Waals surface area contributed by atoms with Crippen molar-refractivity contribution in [3.05, 3.63) is 68.7 Å². The summed E-state index contributed by atoms with van der Waals surface area (Å²) < 4.78 is 0. The van der Waals surface area contributed by atoms with Gasteiger partial charge in [-0.15, -0.1) is 11.8 Å². The zero-order valence-corrected chi connectivity index (χ0v) is 19.0. The lowest BCUT2D eigenvalue weighted by molar-refractivity contribution is -0.121. The topological polar surface area (TPSA) is 82.0 Å². The first-order valence-electron chi connectivity index (χ1n) is 8.87. The molecule has 2 aromatic rings. The first-order chi connectivity index (χ1) is 14.4. The van der Waals surface area contributed by atoms with Crippen LogP contribution in [0.15, 0.2) is 58.0 Å². The van der Waals surface area contributed by atoms with Crippen LogP contribution in [0.4, 0.5) is 5.69 Å². The Morgan fingerprint density at radius 3 is 2.67 bits per heavy atom. The maximum atomic E-state index is 12.4. The number of hydrogen-bond acceptors (Lipinski definition) is 5. The fraction of sp³-hybridized carbons (Fsp3) is 0.190. The molecular formula is C21H17Cl2N3O2S2. The predicted octanol–water partition coefficient (Wildman–Crippen LogP) is 5.43. The molecule has 0 saturated carbocycles. The quantitative estimate of drug-likeness (QED) is 0.542. The Labute approximate surface area is 193 Å². The third kappa shape index (κ3) is 5.32. The number of nitrogens with zero attached hydrogens (tertiary/aromatic N) is 1. The largest absolute Gasteiger partial charge is 0.324 e. The molecule has 0 aliphatic carbocycles. The minimum atomic E-state index is -0.340. The van der Waals surface area contributed by atoms with Crippen molar-refractivity contribution in [2.75, 3.05) is 17.3 Å². The molecular weight excluding hydrogens is 461 g/mol. The fourth-order valence-corrected chi connectivity index (χ4v) is 4.61. The third-order valence-electron chi connectivity index (χ3n) is 4.45. The van der Waals surface area contributed by atoms with E-state index >= 15 is 0 Å². The number of amides is 2. The number of carbonyl (C=O) groups is 2. The van der Waals surface area contributed by atoms with E-state index in [4.69, 9.17) is 23.2 Å². The number of carbonyl (C=O) groups excluding carboxylic acids is 2. The highest BCUT2D eigenvalue weighted by atomic mass is 35.5. The molecule has 2 N–H and O–H groups in total. The van der Waals surface area contributed by atoms with E-state index < -0.39 is 0 Å². The zero-order valence-electron chi connectivity index (χ0n) is 15.9. The molecule has 0 aromatic heterocycles. The molecule has 1 aliphatic rings. The summed E-state index contributed by atoms with van der Waals surface area (Å²) in [6.07, 6.45) is 2.18. The van der Waals surface area contributed by atoms with Gasteiger partial charge in [-0.05, 0) is 36.1 Å². The van der Waals surface area contributed by atoms with Crippen molar-refractivity contribution in [2.45, 2.75) is 17.2 Å². The Morgan fingerprint density at radius 1 is 1.27 bits per heavy atom. The van der Waals surface area contributed by atoms with Crippen LogP contribution in [-0.2, 0) is 9.59 Å². The van der Waals surface area contributed by atoms with Crippen molar-refractivity contribution in [1.29, 1.82) is 5.26 Å². The molecule has 0 unspecified atom stereocenters.